The maximum atomic E-state index is 11.9. The Bertz CT molecular complexity index is 587. The van der Waals surface area contributed by atoms with E-state index in [4.69, 9.17) is 5.73 Å². The number of rotatable bonds is 6. The molecule has 3 nitrogen and oxygen atoms in total. The molecule has 0 spiro atoms. The lowest BCUT2D eigenvalue weighted by Crippen LogP contribution is -2.29. The molecule has 0 aliphatic carbocycles. The Kier molecular flexibility index (Phi) is 7.64. The number of carbonyl (C=O) groups excluding carboxylic acids is 1. The molecule has 1 atom stereocenters. The van der Waals surface area contributed by atoms with E-state index >= 15 is 0 Å². The number of halogens is 1. The fraction of sp³-hybridized carbons (Fsp3) is 0.278. The summed E-state index contributed by atoms with van der Waals surface area (Å²) < 4.78 is 0. The number of hydrogen-bond acceptors (Lipinski definition) is 2. The monoisotopic (exact) mass is 318 g/mol. The standard InChI is InChI=1S/C18H22N2O.ClH/c1-14-7-5-6-8-15(14)11-12-20-18(21)13-17(19)16-9-3-2-4-10-16;/h2-10,17H,11-13,19H2,1H3,(H,20,21);1H. The number of amides is 1. The highest BCUT2D eigenvalue weighted by molar-refractivity contribution is 5.85. The molecule has 118 valence electrons. The lowest BCUT2D eigenvalue weighted by Gasteiger charge is -2.12. The van der Waals surface area contributed by atoms with Gasteiger partial charge in [0.05, 0.1) is 0 Å². The molecule has 22 heavy (non-hydrogen) atoms. The van der Waals surface area contributed by atoms with Gasteiger partial charge in [0, 0.05) is 19.0 Å². The smallest absolute Gasteiger partial charge is 0.221 e. The van der Waals surface area contributed by atoms with Gasteiger partial charge < -0.3 is 11.1 Å². The molecule has 0 aliphatic rings. The summed E-state index contributed by atoms with van der Waals surface area (Å²) in [6.45, 7) is 2.73. The number of nitrogens with one attached hydrogen (secondary N) is 1. The maximum absolute atomic E-state index is 11.9. The highest BCUT2D eigenvalue weighted by atomic mass is 35.5. The molecule has 0 radical (unpaired) electrons. The Balaban J connectivity index is 0.00000242. The predicted octanol–water partition coefficient (Wildman–Crippen LogP) is 3.17. The first-order valence-corrected chi connectivity index (χ1v) is 7.28. The van der Waals surface area contributed by atoms with Crippen molar-refractivity contribution in [3.63, 3.8) is 0 Å². The van der Waals surface area contributed by atoms with Gasteiger partial charge in [0.2, 0.25) is 5.91 Å². The van der Waals surface area contributed by atoms with Crippen LogP contribution in [0.5, 0.6) is 0 Å². The summed E-state index contributed by atoms with van der Waals surface area (Å²) in [4.78, 5) is 11.9. The predicted molar refractivity (Wildman–Crippen MR) is 93.1 cm³/mol. The van der Waals surface area contributed by atoms with Gasteiger partial charge in [-0.25, -0.2) is 0 Å². The van der Waals surface area contributed by atoms with Crippen molar-refractivity contribution in [2.75, 3.05) is 6.54 Å². The van der Waals surface area contributed by atoms with Crippen molar-refractivity contribution in [3.05, 3.63) is 71.3 Å². The zero-order chi connectivity index (χ0) is 15.1. The fourth-order valence-corrected chi connectivity index (χ4v) is 2.32. The number of aryl methyl sites for hydroxylation is 1. The highest BCUT2D eigenvalue weighted by Gasteiger charge is 2.10. The summed E-state index contributed by atoms with van der Waals surface area (Å²) in [5.74, 6) is -0.0000581. The van der Waals surface area contributed by atoms with Crippen LogP contribution >= 0.6 is 12.4 Å². The zero-order valence-electron chi connectivity index (χ0n) is 12.8. The zero-order valence-corrected chi connectivity index (χ0v) is 13.6. The number of nitrogens with two attached hydrogens (primary N) is 1. The van der Waals surface area contributed by atoms with E-state index in [9.17, 15) is 4.79 Å². The topological polar surface area (TPSA) is 55.1 Å². The van der Waals surface area contributed by atoms with E-state index in [2.05, 4.69) is 24.4 Å². The molecule has 0 saturated heterocycles. The van der Waals surface area contributed by atoms with Gasteiger partial charge in [-0.1, -0.05) is 54.6 Å². The second-order valence-electron chi connectivity index (χ2n) is 5.25. The van der Waals surface area contributed by atoms with E-state index in [1.807, 2.05) is 42.5 Å². The normalized spacial score (nSPS) is 11.4. The minimum absolute atomic E-state index is 0. The number of hydrogen-bond donors (Lipinski definition) is 2. The van der Waals surface area contributed by atoms with Crippen LogP contribution in [0.4, 0.5) is 0 Å². The summed E-state index contributed by atoms with van der Waals surface area (Å²) >= 11 is 0. The van der Waals surface area contributed by atoms with Crippen molar-refractivity contribution in [1.29, 1.82) is 0 Å². The summed E-state index contributed by atoms with van der Waals surface area (Å²) in [7, 11) is 0. The van der Waals surface area contributed by atoms with Crippen LogP contribution < -0.4 is 11.1 Å². The van der Waals surface area contributed by atoms with Crippen LogP contribution in [-0.4, -0.2) is 12.5 Å². The fourth-order valence-electron chi connectivity index (χ4n) is 2.32. The van der Waals surface area contributed by atoms with Crippen molar-refractivity contribution >= 4 is 18.3 Å². The first-order chi connectivity index (χ1) is 10.2. The average Bonchev–Trinajstić information content (AvgIpc) is 2.50. The Morgan fingerprint density at radius 1 is 1.09 bits per heavy atom. The van der Waals surface area contributed by atoms with Crippen LogP contribution in [0.15, 0.2) is 54.6 Å². The molecule has 0 saturated carbocycles. The van der Waals surface area contributed by atoms with Crippen LogP contribution in [-0.2, 0) is 11.2 Å². The molecule has 2 rings (SSSR count). The molecular weight excluding hydrogens is 296 g/mol. The largest absolute Gasteiger partial charge is 0.356 e. The number of benzene rings is 2. The van der Waals surface area contributed by atoms with Crippen LogP contribution in [0.3, 0.4) is 0 Å². The van der Waals surface area contributed by atoms with Gasteiger partial charge in [-0.15, -0.1) is 12.4 Å². The van der Waals surface area contributed by atoms with Crippen LogP contribution in [0.25, 0.3) is 0 Å². The molecule has 4 heteroatoms. The quantitative estimate of drug-likeness (QED) is 0.859. The van der Waals surface area contributed by atoms with Crippen molar-refractivity contribution < 1.29 is 4.79 Å². The summed E-state index contributed by atoms with van der Waals surface area (Å²) in [5, 5.41) is 2.94. The molecule has 0 bridgehead atoms. The van der Waals surface area contributed by atoms with Gasteiger partial charge in [0.15, 0.2) is 0 Å². The Labute approximate surface area is 138 Å². The second kappa shape index (κ2) is 9.23. The maximum Gasteiger partial charge on any atom is 0.221 e. The van der Waals surface area contributed by atoms with Crippen molar-refractivity contribution in [2.45, 2.75) is 25.8 Å². The lowest BCUT2D eigenvalue weighted by molar-refractivity contribution is -0.121. The van der Waals surface area contributed by atoms with Crippen molar-refractivity contribution in [1.82, 2.24) is 5.32 Å². The minimum Gasteiger partial charge on any atom is -0.356 e. The van der Waals surface area contributed by atoms with Gasteiger partial charge in [-0.05, 0) is 30.0 Å². The third kappa shape index (κ3) is 5.51. The van der Waals surface area contributed by atoms with Gasteiger partial charge in [0.25, 0.3) is 0 Å². The number of carbonyl (C=O) groups is 1. The van der Waals surface area contributed by atoms with Gasteiger partial charge in [-0.2, -0.15) is 0 Å². The third-order valence-corrected chi connectivity index (χ3v) is 3.61. The Morgan fingerprint density at radius 2 is 1.73 bits per heavy atom. The van der Waals surface area contributed by atoms with Gasteiger partial charge in [0.1, 0.15) is 0 Å². The van der Waals surface area contributed by atoms with E-state index in [1.165, 1.54) is 11.1 Å². The van der Waals surface area contributed by atoms with Crippen LogP contribution in [0.1, 0.15) is 29.2 Å². The lowest BCUT2D eigenvalue weighted by atomic mass is 10.0. The molecule has 0 aliphatic heterocycles. The molecule has 1 unspecified atom stereocenters. The van der Waals surface area contributed by atoms with E-state index < -0.39 is 0 Å². The van der Waals surface area contributed by atoms with Crippen molar-refractivity contribution in [3.8, 4) is 0 Å². The summed E-state index contributed by atoms with van der Waals surface area (Å²) in [6, 6.07) is 17.7. The molecule has 0 fully saturated rings. The van der Waals surface area contributed by atoms with E-state index in [1.54, 1.807) is 0 Å². The van der Waals surface area contributed by atoms with E-state index in [-0.39, 0.29) is 24.4 Å². The SMILES string of the molecule is Cc1ccccc1CCNC(=O)CC(N)c1ccccc1.Cl. The van der Waals surface area contributed by atoms with Crippen LogP contribution in [0.2, 0.25) is 0 Å². The summed E-state index contributed by atoms with van der Waals surface area (Å²) in [6.07, 6.45) is 1.16. The van der Waals surface area contributed by atoms with E-state index in [0.29, 0.717) is 13.0 Å². The van der Waals surface area contributed by atoms with Crippen molar-refractivity contribution in [2.24, 2.45) is 5.73 Å². The summed E-state index contributed by atoms with van der Waals surface area (Å²) in [5.41, 5.74) is 9.56. The Morgan fingerprint density at radius 3 is 2.41 bits per heavy atom. The van der Waals surface area contributed by atoms with Crippen LogP contribution in [0, 0.1) is 6.92 Å². The molecule has 2 aromatic rings. The first kappa shape index (κ1) is 18.2. The van der Waals surface area contributed by atoms with Gasteiger partial charge in [-0.3, -0.25) is 4.79 Å². The molecule has 0 heterocycles. The molecule has 3 N–H and O–H groups in total. The molecule has 1 amide bonds. The van der Waals surface area contributed by atoms with Gasteiger partial charge >= 0.3 is 0 Å². The third-order valence-electron chi connectivity index (χ3n) is 3.61. The van der Waals surface area contributed by atoms with E-state index in [0.717, 1.165) is 12.0 Å². The first-order valence-electron chi connectivity index (χ1n) is 7.28. The highest BCUT2D eigenvalue weighted by Crippen LogP contribution is 2.13. The molecule has 0 aromatic heterocycles. The minimum atomic E-state index is -0.246. The Hall–Kier alpha value is -1.84. The second-order valence-corrected chi connectivity index (χ2v) is 5.25. The average molecular weight is 319 g/mol. The molecular formula is C18H23ClN2O. The molecule has 2 aromatic carbocycles.